The molecule has 2 nitrogen and oxygen atoms in total. The standard InChI is InChI=1S/C19H22N2/c1-3-12-21-15-20(13-17-10-8-16(2)9-11-17)14-18-6-4-5-7-19(18)21/h3-11H,1,12-15H2,2H3. The number of anilines is 1. The van der Waals surface area contributed by atoms with E-state index < -0.39 is 0 Å². The van der Waals surface area contributed by atoms with Crippen LogP contribution in [0.5, 0.6) is 0 Å². The van der Waals surface area contributed by atoms with Gasteiger partial charge in [0.15, 0.2) is 0 Å². The molecule has 2 aromatic carbocycles. The Labute approximate surface area is 127 Å². The Hall–Kier alpha value is -2.06. The topological polar surface area (TPSA) is 6.48 Å². The Morgan fingerprint density at radius 3 is 2.62 bits per heavy atom. The Morgan fingerprint density at radius 2 is 1.86 bits per heavy atom. The van der Waals surface area contributed by atoms with Gasteiger partial charge in [0.25, 0.3) is 0 Å². The summed E-state index contributed by atoms with van der Waals surface area (Å²) >= 11 is 0. The predicted octanol–water partition coefficient (Wildman–Crippen LogP) is 3.96. The molecule has 1 heterocycles. The average molecular weight is 278 g/mol. The van der Waals surface area contributed by atoms with Crippen LogP contribution in [0.4, 0.5) is 5.69 Å². The van der Waals surface area contributed by atoms with Gasteiger partial charge in [0.2, 0.25) is 0 Å². The van der Waals surface area contributed by atoms with Crippen LogP contribution in [-0.2, 0) is 13.1 Å². The molecule has 0 aliphatic carbocycles. The van der Waals surface area contributed by atoms with Crippen molar-refractivity contribution in [2.45, 2.75) is 20.0 Å². The SMILES string of the molecule is C=CCN1CN(Cc2ccc(C)cc2)Cc2ccccc21. The molecule has 0 saturated heterocycles. The molecule has 0 radical (unpaired) electrons. The zero-order valence-corrected chi connectivity index (χ0v) is 12.6. The van der Waals surface area contributed by atoms with E-state index in [0.717, 1.165) is 26.3 Å². The molecule has 2 heteroatoms. The summed E-state index contributed by atoms with van der Waals surface area (Å²) in [4.78, 5) is 4.87. The highest BCUT2D eigenvalue weighted by Gasteiger charge is 2.21. The van der Waals surface area contributed by atoms with Crippen LogP contribution in [0.3, 0.4) is 0 Å². The van der Waals surface area contributed by atoms with Crippen molar-refractivity contribution in [1.29, 1.82) is 0 Å². The van der Waals surface area contributed by atoms with Crippen LogP contribution < -0.4 is 4.90 Å². The molecule has 0 fully saturated rings. The summed E-state index contributed by atoms with van der Waals surface area (Å²) in [5, 5.41) is 0. The maximum absolute atomic E-state index is 3.89. The van der Waals surface area contributed by atoms with E-state index in [1.54, 1.807) is 0 Å². The smallest absolute Gasteiger partial charge is 0.0716 e. The molecule has 1 aliphatic heterocycles. The molecule has 3 rings (SSSR count). The Bertz CT molecular complexity index is 616. The summed E-state index contributed by atoms with van der Waals surface area (Å²) in [7, 11) is 0. The van der Waals surface area contributed by atoms with Gasteiger partial charge in [-0.2, -0.15) is 0 Å². The van der Waals surface area contributed by atoms with Crippen LogP contribution in [-0.4, -0.2) is 18.1 Å². The first-order valence-corrected chi connectivity index (χ1v) is 7.48. The second-order valence-electron chi connectivity index (χ2n) is 5.75. The molecule has 0 atom stereocenters. The van der Waals surface area contributed by atoms with Crippen LogP contribution in [0.15, 0.2) is 61.2 Å². The molecule has 0 amide bonds. The highest BCUT2D eigenvalue weighted by Crippen LogP contribution is 2.27. The summed E-state index contributed by atoms with van der Waals surface area (Å²) in [6.07, 6.45) is 1.98. The van der Waals surface area contributed by atoms with E-state index in [0.29, 0.717) is 0 Å². The van der Waals surface area contributed by atoms with E-state index >= 15 is 0 Å². The van der Waals surface area contributed by atoms with Gasteiger partial charge in [0.1, 0.15) is 0 Å². The van der Waals surface area contributed by atoms with Crippen molar-refractivity contribution in [2.24, 2.45) is 0 Å². The summed E-state index contributed by atoms with van der Waals surface area (Å²) in [5.41, 5.74) is 5.44. The van der Waals surface area contributed by atoms with Gasteiger partial charge in [-0.05, 0) is 24.1 Å². The molecule has 0 bridgehead atoms. The summed E-state index contributed by atoms with van der Waals surface area (Å²) < 4.78 is 0. The minimum Gasteiger partial charge on any atom is -0.355 e. The zero-order valence-electron chi connectivity index (χ0n) is 12.6. The number of benzene rings is 2. The van der Waals surface area contributed by atoms with Gasteiger partial charge in [0.05, 0.1) is 6.67 Å². The van der Waals surface area contributed by atoms with E-state index in [1.807, 2.05) is 6.08 Å². The average Bonchev–Trinajstić information content (AvgIpc) is 2.50. The van der Waals surface area contributed by atoms with E-state index in [9.17, 15) is 0 Å². The second kappa shape index (κ2) is 6.15. The first-order chi connectivity index (χ1) is 10.3. The number of aryl methyl sites for hydroxylation is 1. The first-order valence-electron chi connectivity index (χ1n) is 7.48. The van der Waals surface area contributed by atoms with Crippen molar-refractivity contribution < 1.29 is 0 Å². The number of rotatable bonds is 4. The molecule has 108 valence electrons. The molecule has 0 aromatic heterocycles. The van der Waals surface area contributed by atoms with E-state index in [4.69, 9.17) is 0 Å². The number of para-hydroxylation sites is 1. The lowest BCUT2D eigenvalue weighted by Crippen LogP contribution is -2.41. The minimum absolute atomic E-state index is 0.890. The van der Waals surface area contributed by atoms with Crippen molar-refractivity contribution in [3.05, 3.63) is 77.9 Å². The van der Waals surface area contributed by atoms with Gasteiger partial charge in [0, 0.05) is 25.3 Å². The lowest BCUT2D eigenvalue weighted by atomic mass is 10.1. The molecular formula is C19H22N2. The molecule has 2 aromatic rings. The fourth-order valence-electron chi connectivity index (χ4n) is 2.93. The normalized spacial score (nSPS) is 14.8. The van der Waals surface area contributed by atoms with Gasteiger partial charge in [-0.1, -0.05) is 54.1 Å². The van der Waals surface area contributed by atoms with E-state index in [1.165, 1.54) is 22.4 Å². The van der Waals surface area contributed by atoms with Crippen LogP contribution in [0.2, 0.25) is 0 Å². The summed E-state index contributed by atoms with van der Waals surface area (Å²) in [5.74, 6) is 0. The first kappa shape index (κ1) is 13.9. The van der Waals surface area contributed by atoms with Crippen LogP contribution in [0, 0.1) is 6.92 Å². The lowest BCUT2D eigenvalue weighted by Gasteiger charge is -2.38. The summed E-state index contributed by atoms with van der Waals surface area (Å²) in [6, 6.07) is 17.5. The van der Waals surface area contributed by atoms with Crippen molar-refractivity contribution in [2.75, 3.05) is 18.1 Å². The van der Waals surface area contributed by atoms with Crippen molar-refractivity contribution in [1.82, 2.24) is 4.90 Å². The number of hydrogen-bond donors (Lipinski definition) is 0. The molecule has 0 spiro atoms. The quantitative estimate of drug-likeness (QED) is 0.781. The molecule has 0 saturated carbocycles. The van der Waals surface area contributed by atoms with E-state index in [2.05, 4.69) is 71.8 Å². The maximum atomic E-state index is 3.89. The maximum Gasteiger partial charge on any atom is 0.0716 e. The number of fused-ring (bicyclic) bond motifs is 1. The largest absolute Gasteiger partial charge is 0.355 e. The van der Waals surface area contributed by atoms with Gasteiger partial charge >= 0.3 is 0 Å². The van der Waals surface area contributed by atoms with Crippen LogP contribution in [0.1, 0.15) is 16.7 Å². The van der Waals surface area contributed by atoms with Gasteiger partial charge in [-0.3, -0.25) is 4.90 Å². The fourth-order valence-corrected chi connectivity index (χ4v) is 2.93. The highest BCUT2D eigenvalue weighted by atomic mass is 15.3. The Kier molecular flexibility index (Phi) is 4.07. The zero-order chi connectivity index (χ0) is 14.7. The fraction of sp³-hybridized carbons (Fsp3) is 0.263. The van der Waals surface area contributed by atoms with Gasteiger partial charge in [-0.25, -0.2) is 0 Å². The third-order valence-electron chi connectivity index (χ3n) is 3.97. The molecule has 0 N–H and O–H groups in total. The molecule has 21 heavy (non-hydrogen) atoms. The monoisotopic (exact) mass is 278 g/mol. The molecule has 0 unspecified atom stereocenters. The Morgan fingerprint density at radius 1 is 1.10 bits per heavy atom. The molecule has 1 aliphatic rings. The second-order valence-corrected chi connectivity index (χ2v) is 5.75. The van der Waals surface area contributed by atoms with Gasteiger partial charge in [-0.15, -0.1) is 6.58 Å². The highest BCUT2D eigenvalue weighted by molar-refractivity contribution is 5.55. The van der Waals surface area contributed by atoms with Gasteiger partial charge < -0.3 is 4.90 Å². The minimum atomic E-state index is 0.890. The lowest BCUT2D eigenvalue weighted by molar-refractivity contribution is 0.246. The third-order valence-corrected chi connectivity index (χ3v) is 3.97. The van der Waals surface area contributed by atoms with Crippen molar-refractivity contribution in [3.8, 4) is 0 Å². The van der Waals surface area contributed by atoms with Crippen LogP contribution >= 0.6 is 0 Å². The Balaban J connectivity index is 1.79. The van der Waals surface area contributed by atoms with Crippen molar-refractivity contribution >= 4 is 5.69 Å². The summed E-state index contributed by atoms with van der Waals surface area (Å²) in [6.45, 7) is 9.86. The predicted molar refractivity (Wildman–Crippen MR) is 89.3 cm³/mol. The third kappa shape index (κ3) is 3.17. The molecular weight excluding hydrogens is 256 g/mol. The van der Waals surface area contributed by atoms with Crippen LogP contribution in [0.25, 0.3) is 0 Å². The number of hydrogen-bond acceptors (Lipinski definition) is 2. The number of nitrogens with zero attached hydrogens (tertiary/aromatic N) is 2. The van der Waals surface area contributed by atoms with E-state index in [-0.39, 0.29) is 0 Å². The van der Waals surface area contributed by atoms with Crippen molar-refractivity contribution in [3.63, 3.8) is 0 Å².